The van der Waals surface area contributed by atoms with Crippen LogP contribution in [0.4, 0.5) is 5.69 Å². The highest BCUT2D eigenvalue weighted by Crippen LogP contribution is 2.26. The quantitative estimate of drug-likeness (QED) is 0.750. The fourth-order valence-electron chi connectivity index (χ4n) is 1.53. The van der Waals surface area contributed by atoms with Gasteiger partial charge in [-0.05, 0) is 25.0 Å². The Bertz CT molecular complexity index is 353. The molecule has 0 heterocycles. The second-order valence-electron chi connectivity index (χ2n) is 4.00. The van der Waals surface area contributed by atoms with Crippen molar-refractivity contribution >= 4 is 17.3 Å². The van der Waals surface area contributed by atoms with Gasteiger partial charge in [-0.2, -0.15) is 0 Å². The van der Waals surface area contributed by atoms with Crippen molar-refractivity contribution in [2.24, 2.45) is 0 Å². The Balaban J connectivity index is 1.78. The third kappa shape index (κ3) is 3.29. The van der Waals surface area contributed by atoms with Gasteiger partial charge in [-0.3, -0.25) is 0 Å². The molecule has 4 heteroatoms. The van der Waals surface area contributed by atoms with E-state index >= 15 is 0 Å². The number of ether oxygens (including phenoxy) is 1. The van der Waals surface area contributed by atoms with Crippen molar-refractivity contribution in [3.63, 3.8) is 0 Å². The van der Waals surface area contributed by atoms with Gasteiger partial charge in [0.05, 0.1) is 17.8 Å². The van der Waals surface area contributed by atoms with Crippen LogP contribution in [0.15, 0.2) is 18.2 Å². The summed E-state index contributed by atoms with van der Waals surface area (Å²) in [4.78, 5) is 0. The maximum atomic E-state index is 6.10. The monoisotopic (exact) mass is 240 g/mol. The molecule has 16 heavy (non-hydrogen) atoms. The van der Waals surface area contributed by atoms with E-state index in [1.807, 2.05) is 18.2 Å². The van der Waals surface area contributed by atoms with Crippen molar-refractivity contribution in [1.82, 2.24) is 5.32 Å². The number of benzene rings is 1. The Labute approximate surface area is 101 Å². The Morgan fingerprint density at radius 1 is 1.38 bits per heavy atom. The zero-order valence-corrected chi connectivity index (χ0v) is 10.2. The molecule has 1 aliphatic rings. The zero-order chi connectivity index (χ0) is 11.4. The van der Waals surface area contributed by atoms with Crippen molar-refractivity contribution in [1.29, 1.82) is 0 Å². The van der Waals surface area contributed by atoms with Crippen LogP contribution in [0, 0.1) is 0 Å². The van der Waals surface area contributed by atoms with Gasteiger partial charge in [0.2, 0.25) is 0 Å². The Kier molecular flexibility index (Phi) is 3.91. The van der Waals surface area contributed by atoms with Crippen LogP contribution < -0.4 is 15.4 Å². The second-order valence-corrected chi connectivity index (χ2v) is 4.41. The molecular formula is C12H17ClN2O. The number of anilines is 1. The number of nitrogens with one attached hydrogen (secondary N) is 2. The lowest BCUT2D eigenvalue weighted by atomic mass is 10.3. The van der Waals surface area contributed by atoms with Crippen LogP contribution in [0.25, 0.3) is 0 Å². The fourth-order valence-corrected chi connectivity index (χ4v) is 1.76. The smallest absolute Gasteiger partial charge is 0.120 e. The van der Waals surface area contributed by atoms with E-state index in [0.717, 1.165) is 30.6 Å². The molecule has 1 aromatic rings. The molecule has 0 bridgehead atoms. The third-order valence-corrected chi connectivity index (χ3v) is 2.94. The zero-order valence-electron chi connectivity index (χ0n) is 9.42. The van der Waals surface area contributed by atoms with Crippen molar-refractivity contribution < 1.29 is 4.74 Å². The molecule has 0 unspecified atom stereocenters. The molecule has 0 amide bonds. The highest BCUT2D eigenvalue weighted by molar-refractivity contribution is 6.33. The number of halogens is 1. The molecule has 1 aromatic carbocycles. The first-order chi connectivity index (χ1) is 7.79. The number of hydrogen-bond donors (Lipinski definition) is 2. The standard InChI is InChI=1S/C12H17ClN2O/c1-16-10-4-5-12(11(13)8-10)15-7-6-14-9-2-3-9/h4-5,8-9,14-15H,2-3,6-7H2,1H3. The SMILES string of the molecule is COc1ccc(NCCNC2CC2)c(Cl)c1. The van der Waals surface area contributed by atoms with E-state index in [0.29, 0.717) is 5.02 Å². The van der Waals surface area contributed by atoms with E-state index < -0.39 is 0 Å². The molecule has 1 fully saturated rings. The average Bonchev–Trinajstić information content (AvgIpc) is 3.10. The van der Waals surface area contributed by atoms with E-state index in [9.17, 15) is 0 Å². The molecule has 1 saturated carbocycles. The maximum absolute atomic E-state index is 6.10. The van der Waals surface area contributed by atoms with Crippen LogP contribution in [-0.4, -0.2) is 26.2 Å². The molecule has 0 aliphatic heterocycles. The number of methoxy groups -OCH3 is 1. The van der Waals surface area contributed by atoms with Gasteiger partial charge >= 0.3 is 0 Å². The maximum Gasteiger partial charge on any atom is 0.120 e. The highest BCUT2D eigenvalue weighted by Gasteiger charge is 2.19. The molecular weight excluding hydrogens is 224 g/mol. The first-order valence-electron chi connectivity index (χ1n) is 5.60. The molecule has 88 valence electrons. The molecule has 0 radical (unpaired) electrons. The van der Waals surface area contributed by atoms with Gasteiger partial charge in [-0.15, -0.1) is 0 Å². The number of rotatable bonds is 6. The first kappa shape index (κ1) is 11.6. The summed E-state index contributed by atoms with van der Waals surface area (Å²) in [6.07, 6.45) is 2.65. The van der Waals surface area contributed by atoms with Crippen LogP contribution >= 0.6 is 11.6 Å². The summed E-state index contributed by atoms with van der Waals surface area (Å²) < 4.78 is 5.09. The summed E-state index contributed by atoms with van der Waals surface area (Å²) in [7, 11) is 1.64. The summed E-state index contributed by atoms with van der Waals surface area (Å²) >= 11 is 6.10. The molecule has 3 nitrogen and oxygen atoms in total. The minimum atomic E-state index is 0.700. The Morgan fingerprint density at radius 3 is 2.81 bits per heavy atom. The average molecular weight is 241 g/mol. The van der Waals surface area contributed by atoms with Crippen LogP contribution in [0.1, 0.15) is 12.8 Å². The lowest BCUT2D eigenvalue weighted by Gasteiger charge is -2.10. The summed E-state index contributed by atoms with van der Waals surface area (Å²) in [6, 6.07) is 6.42. The molecule has 0 saturated heterocycles. The summed E-state index contributed by atoms with van der Waals surface area (Å²) in [5, 5.41) is 7.44. The minimum Gasteiger partial charge on any atom is -0.497 e. The molecule has 0 aromatic heterocycles. The summed E-state index contributed by atoms with van der Waals surface area (Å²) in [5.74, 6) is 0.784. The normalized spacial score (nSPS) is 14.9. The van der Waals surface area contributed by atoms with Gasteiger partial charge in [0.15, 0.2) is 0 Å². The van der Waals surface area contributed by atoms with Crippen LogP contribution in [-0.2, 0) is 0 Å². The Morgan fingerprint density at radius 2 is 2.19 bits per heavy atom. The van der Waals surface area contributed by atoms with E-state index in [2.05, 4.69) is 10.6 Å². The summed E-state index contributed by atoms with van der Waals surface area (Å²) in [6.45, 7) is 1.87. The molecule has 2 rings (SSSR count). The van der Waals surface area contributed by atoms with Crippen molar-refractivity contribution in [2.75, 3.05) is 25.5 Å². The van der Waals surface area contributed by atoms with Gasteiger partial charge in [-0.1, -0.05) is 11.6 Å². The van der Waals surface area contributed by atoms with Crippen LogP contribution in [0.2, 0.25) is 5.02 Å². The van der Waals surface area contributed by atoms with E-state index in [-0.39, 0.29) is 0 Å². The van der Waals surface area contributed by atoms with Crippen molar-refractivity contribution in [3.05, 3.63) is 23.2 Å². The van der Waals surface area contributed by atoms with Gasteiger partial charge in [0, 0.05) is 25.2 Å². The van der Waals surface area contributed by atoms with Gasteiger partial charge in [-0.25, -0.2) is 0 Å². The largest absolute Gasteiger partial charge is 0.497 e. The number of hydrogen-bond acceptors (Lipinski definition) is 3. The predicted octanol–water partition coefficient (Wildman–Crippen LogP) is 2.51. The van der Waals surface area contributed by atoms with Gasteiger partial charge < -0.3 is 15.4 Å². The van der Waals surface area contributed by atoms with Gasteiger partial charge in [0.25, 0.3) is 0 Å². The lowest BCUT2D eigenvalue weighted by molar-refractivity contribution is 0.415. The highest BCUT2D eigenvalue weighted by atomic mass is 35.5. The topological polar surface area (TPSA) is 33.3 Å². The molecule has 1 aliphatic carbocycles. The molecule has 0 atom stereocenters. The fraction of sp³-hybridized carbons (Fsp3) is 0.500. The minimum absolute atomic E-state index is 0.700. The van der Waals surface area contributed by atoms with E-state index in [4.69, 9.17) is 16.3 Å². The van der Waals surface area contributed by atoms with E-state index in [1.165, 1.54) is 12.8 Å². The van der Waals surface area contributed by atoms with E-state index in [1.54, 1.807) is 7.11 Å². The molecule has 2 N–H and O–H groups in total. The predicted molar refractivity (Wildman–Crippen MR) is 67.5 cm³/mol. The third-order valence-electron chi connectivity index (χ3n) is 2.63. The second kappa shape index (κ2) is 5.41. The summed E-state index contributed by atoms with van der Waals surface area (Å²) in [5.41, 5.74) is 0.958. The van der Waals surface area contributed by atoms with Crippen LogP contribution in [0.3, 0.4) is 0 Å². The first-order valence-corrected chi connectivity index (χ1v) is 5.98. The van der Waals surface area contributed by atoms with Crippen LogP contribution in [0.5, 0.6) is 5.75 Å². The Hall–Kier alpha value is -0.930. The lowest BCUT2D eigenvalue weighted by Crippen LogP contribution is -2.23. The van der Waals surface area contributed by atoms with Crippen molar-refractivity contribution in [3.8, 4) is 5.75 Å². The molecule has 0 spiro atoms. The van der Waals surface area contributed by atoms with Gasteiger partial charge in [0.1, 0.15) is 5.75 Å². The van der Waals surface area contributed by atoms with Crippen molar-refractivity contribution in [2.45, 2.75) is 18.9 Å².